The van der Waals surface area contributed by atoms with Crippen molar-refractivity contribution < 1.29 is 9.90 Å². The first-order valence-corrected chi connectivity index (χ1v) is 14.3. The predicted molar refractivity (Wildman–Crippen MR) is 79.6 cm³/mol. The summed E-state index contributed by atoms with van der Waals surface area (Å²) in [6.07, 6.45) is 5.88. The molecule has 17 heavy (non-hydrogen) atoms. The average Bonchev–Trinajstić information content (AvgIpc) is 2.31. The molecule has 2 nitrogen and oxygen atoms in total. The summed E-state index contributed by atoms with van der Waals surface area (Å²) in [7, 11) is 0. The molecule has 0 aliphatic rings. The van der Waals surface area contributed by atoms with Gasteiger partial charge in [-0.15, -0.1) is 0 Å². The SMILES string of the molecule is CCCCCCCC(=O)O.C[CH2][SnH]([CH2]C)[CH2]C. The Morgan fingerprint density at radius 1 is 0.882 bits per heavy atom. The van der Waals surface area contributed by atoms with Crippen LogP contribution in [0.25, 0.3) is 0 Å². The second-order valence-corrected chi connectivity index (χ2v) is 16.6. The summed E-state index contributed by atoms with van der Waals surface area (Å²) in [5.74, 6) is -0.670. The predicted octanol–water partition coefficient (Wildman–Crippen LogP) is 4.70. The number of hydrogen-bond acceptors (Lipinski definition) is 1. The van der Waals surface area contributed by atoms with Crippen LogP contribution in [0.3, 0.4) is 0 Å². The van der Waals surface area contributed by atoms with E-state index in [2.05, 4.69) is 27.7 Å². The van der Waals surface area contributed by atoms with E-state index in [-0.39, 0.29) is 0 Å². The van der Waals surface area contributed by atoms with Crippen LogP contribution in [0.2, 0.25) is 13.3 Å². The van der Waals surface area contributed by atoms with E-state index in [9.17, 15) is 4.79 Å². The van der Waals surface area contributed by atoms with E-state index in [0.29, 0.717) is 6.42 Å². The molecular formula is C14H32O2Sn. The van der Waals surface area contributed by atoms with E-state index >= 15 is 0 Å². The van der Waals surface area contributed by atoms with E-state index in [1.165, 1.54) is 19.3 Å². The number of carbonyl (C=O) groups is 1. The molecule has 0 atom stereocenters. The normalized spacial score (nSPS) is 9.94. The van der Waals surface area contributed by atoms with Gasteiger partial charge in [-0.05, 0) is 6.42 Å². The standard InChI is InChI=1S/C8H16O2.3C2H5.Sn.H/c1-2-3-4-5-6-7-8(9)10;3*1-2;;/h2-7H2,1H3,(H,9,10);3*1H2,2H3;;. The summed E-state index contributed by atoms with van der Waals surface area (Å²) in [6.45, 7) is 9.21. The molecule has 0 rings (SSSR count). The Kier molecular flexibility index (Phi) is 18.8. The molecule has 104 valence electrons. The Morgan fingerprint density at radius 2 is 1.35 bits per heavy atom. The van der Waals surface area contributed by atoms with Crippen LogP contribution < -0.4 is 0 Å². The number of unbranched alkanes of at least 4 members (excludes halogenated alkanes) is 4. The van der Waals surface area contributed by atoms with E-state index < -0.39 is 25.7 Å². The second kappa shape index (κ2) is 16.3. The summed E-state index contributed by atoms with van der Waals surface area (Å²) in [5, 5.41) is 8.27. The average molecular weight is 351 g/mol. The Balaban J connectivity index is 0. The summed E-state index contributed by atoms with van der Waals surface area (Å²) >= 11 is -0.764. The van der Waals surface area contributed by atoms with Crippen molar-refractivity contribution in [2.75, 3.05) is 0 Å². The molecular weight excluding hydrogens is 319 g/mol. The number of carboxylic acids is 1. The van der Waals surface area contributed by atoms with E-state index in [1.807, 2.05) is 0 Å². The number of rotatable bonds is 9. The number of aliphatic carboxylic acids is 1. The van der Waals surface area contributed by atoms with Gasteiger partial charge in [0.15, 0.2) is 0 Å². The maximum absolute atomic E-state index is 10.0. The maximum atomic E-state index is 10.0. The molecule has 0 saturated carbocycles. The summed E-state index contributed by atoms with van der Waals surface area (Å²) in [6, 6.07) is 0. The molecule has 0 amide bonds. The fourth-order valence-electron chi connectivity index (χ4n) is 1.75. The van der Waals surface area contributed by atoms with Crippen molar-refractivity contribution >= 4 is 25.7 Å². The summed E-state index contributed by atoms with van der Waals surface area (Å²) in [5.41, 5.74) is 0. The van der Waals surface area contributed by atoms with Crippen molar-refractivity contribution in [1.29, 1.82) is 0 Å². The molecule has 3 heteroatoms. The minimum absolute atomic E-state index is 0.337. The van der Waals surface area contributed by atoms with Gasteiger partial charge >= 0.3 is 59.8 Å². The van der Waals surface area contributed by atoms with Gasteiger partial charge in [0, 0.05) is 6.42 Å². The molecule has 0 aromatic heterocycles. The molecule has 0 aromatic carbocycles. The zero-order chi connectivity index (χ0) is 13.5. The topological polar surface area (TPSA) is 37.3 Å². The molecule has 0 heterocycles. The Bertz CT molecular complexity index is 151. The molecule has 0 unspecified atom stereocenters. The number of carboxylic acid groups (broad SMARTS) is 1. The van der Waals surface area contributed by atoms with Crippen molar-refractivity contribution in [1.82, 2.24) is 0 Å². The first kappa shape index (κ1) is 19.6. The van der Waals surface area contributed by atoms with Gasteiger partial charge < -0.3 is 5.11 Å². The van der Waals surface area contributed by atoms with Crippen LogP contribution in [0.1, 0.15) is 66.2 Å². The molecule has 1 N–H and O–H groups in total. The Morgan fingerprint density at radius 3 is 1.65 bits per heavy atom. The molecule has 0 aliphatic carbocycles. The van der Waals surface area contributed by atoms with E-state index in [1.54, 1.807) is 13.3 Å². The van der Waals surface area contributed by atoms with Gasteiger partial charge in [-0.25, -0.2) is 0 Å². The summed E-state index contributed by atoms with van der Waals surface area (Å²) < 4.78 is 4.69. The van der Waals surface area contributed by atoms with Gasteiger partial charge in [-0.3, -0.25) is 4.79 Å². The Labute approximate surface area is 115 Å². The third kappa shape index (κ3) is 18.8. The van der Waals surface area contributed by atoms with Crippen LogP contribution in [-0.4, -0.2) is 30.8 Å². The fraction of sp³-hybridized carbons (Fsp3) is 0.929. The van der Waals surface area contributed by atoms with Crippen LogP contribution in [-0.2, 0) is 4.79 Å². The van der Waals surface area contributed by atoms with Crippen molar-refractivity contribution in [3.8, 4) is 0 Å². The van der Waals surface area contributed by atoms with Gasteiger partial charge in [0.2, 0.25) is 0 Å². The van der Waals surface area contributed by atoms with E-state index in [4.69, 9.17) is 5.11 Å². The first-order chi connectivity index (χ1) is 8.12. The first-order valence-electron chi connectivity index (χ1n) is 7.33. The van der Waals surface area contributed by atoms with E-state index in [0.717, 1.165) is 12.8 Å². The van der Waals surface area contributed by atoms with Crippen LogP contribution >= 0.6 is 0 Å². The molecule has 0 aromatic rings. The molecule has 0 fully saturated rings. The van der Waals surface area contributed by atoms with Crippen molar-refractivity contribution in [2.24, 2.45) is 0 Å². The fourth-order valence-corrected chi connectivity index (χ4v) is 6.69. The van der Waals surface area contributed by atoms with Gasteiger partial charge in [-0.1, -0.05) is 32.6 Å². The monoisotopic (exact) mass is 352 g/mol. The van der Waals surface area contributed by atoms with Gasteiger partial charge in [-0.2, -0.15) is 0 Å². The molecule has 0 bridgehead atoms. The van der Waals surface area contributed by atoms with Crippen LogP contribution in [0.4, 0.5) is 0 Å². The Hall–Kier alpha value is 0.269. The molecule has 0 spiro atoms. The minimum atomic E-state index is -0.764. The van der Waals surface area contributed by atoms with Crippen molar-refractivity contribution in [2.45, 2.75) is 79.5 Å². The van der Waals surface area contributed by atoms with Gasteiger partial charge in [0.1, 0.15) is 0 Å². The third-order valence-corrected chi connectivity index (χ3v) is 13.1. The number of hydrogen-bond donors (Lipinski definition) is 1. The van der Waals surface area contributed by atoms with Crippen LogP contribution in [0, 0.1) is 0 Å². The molecule has 0 saturated heterocycles. The van der Waals surface area contributed by atoms with Crippen molar-refractivity contribution in [3.63, 3.8) is 0 Å². The van der Waals surface area contributed by atoms with Gasteiger partial charge in [0.05, 0.1) is 0 Å². The summed E-state index contributed by atoms with van der Waals surface area (Å²) in [4.78, 5) is 10.0. The van der Waals surface area contributed by atoms with Crippen molar-refractivity contribution in [3.05, 3.63) is 0 Å². The second-order valence-electron chi connectivity index (χ2n) is 4.65. The van der Waals surface area contributed by atoms with Crippen LogP contribution in [0.15, 0.2) is 0 Å². The third-order valence-electron chi connectivity index (χ3n) is 3.23. The zero-order valence-corrected chi connectivity index (χ0v) is 15.6. The van der Waals surface area contributed by atoms with Crippen LogP contribution in [0.5, 0.6) is 0 Å². The molecule has 0 aliphatic heterocycles. The quantitative estimate of drug-likeness (QED) is 0.483. The molecule has 0 radical (unpaired) electrons. The zero-order valence-electron chi connectivity index (χ0n) is 12.3. The van der Waals surface area contributed by atoms with Gasteiger partial charge in [0.25, 0.3) is 0 Å².